The lowest BCUT2D eigenvalue weighted by Gasteiger charge is -2.43. The molecule has 10 rings (SSSR count). The topological polar surface area (TPSA) is 149 Å². The van der Waals surface area contributed by atoms with Crippen molar-refractivity contribution in [3.8, 4) is 17.1 Å². The van der Waals surface area contributed by atoms with E-state index in [1.807, 2.05) is 17.0 Å². The van der Waals surface area contributed by atoms with Gasteiger partial charge in [-0.25, -0.2) is 14.4 Å². The van der Waals surface area contributed by atoms with Gasteiger partial charge < -0.3 is 24.2 Å². The van der Waals surface area contributed by atoms with E-state index >= 15 is 4.39 Å². The summed E-state index contributed by atoms with van der Waals surface area (Å²) >= 11 is 0. The van der Waals surface area contributed by atoms with Gasteiger partial charge in [-0.1, -0.05) is 0 Å². The Balaban J connectivity index is 0.671. The van der Waals surface area contributed by atoms with Crippen molar-refractivity contribution in [2.45, 2.75) is 88.7 Å². The molecule has 57 heavy (non-hydrogen) atoms. The van der Waals surface area contributed by atoms with Crippen LogP contribution in [0.4, 0.5) is 15.9 Å². The number of benzene rings is 2. The number of H-pyrrole nitrogens is 1. The van der Waals surface area contributed by atoms with Crippen LogP contribution in [-0.4, -0.2) is 117 Å². The Morgan fingerprint density at radius 3 is 2.49 bits per heavy atom. The maximum absolute atomic E-state index is 15.9. The number of rotatable bonds is 10. The second-order valence-corrected chi connectivity index (χ2v) is 17.0. The number of imide groups is 1. The van der Waals surface area contributed by atoms with Crippen LogP contribution in [0.5, 0.6) is 5.75 Å². The first-order chi connectivity index (χ1) is 27.7. The summed E-state index contributed by atoms with van der Waals surface area (Å²) < 4.78 is 28.6. The van der Waals surface area contributed by atoms with Gasteiger partial charge >= 0.3 is 0 Å². The molecule has 2 N–H and O–H groups in total. The molecule has 3 saturated heterocycles. The molecule has 2 aromatic heterocycles. The molecule has 2 aliphatic carbocycles. The molecule has 298 valence electrons. The average molecular weight is 778 g/mol. The van der Waals surface area contributed by atoms with Gasteiger partial charge in [-0.15, -0.1) is 0 Å². The Hall–Kier alpha value is -5.15. The van der Waals surface area contributed by atoms with E-state index in [0.29, 0.717) is 35.8 Å². The molecule has 1 atom stereocenters. The van der Waals surface area contributed by atoms with Gasteiger partial charge in [-0.2, -0.15) is 5.10 Å². The zero-order chi connectivity index (χ0) is 38.8. The van der Waals surface area contributed by atoms with E-state index in [-0.39, 0.29) is 49.0 Å². The number of aromatic nitrogens is 4. The summed E-state index contributed by atoms with van der Waals surface area (Å²) in [4.78, 5) is 54.7. The molecule has 0 bridgehead atoms. The molecule has 0 spiro atoms. The molecular formula is C42H48FN9O5. The summed E-state index contributed by atoms with van der Waals surface area (Å²) in [6.07, 6.45) is 8.40. The van der Waals surface area contributed by atoms with Crippen LogP contribution in [0.25, 0.3) is 22.3 Å². The summed E-state index contributed by atoms with van der Waals surface area (Å²) in [5, 5.41) is 11.0. The van der Waals surface area contributed by atoms with Crippen LogP contribution in [0.15, 0.2) is 42.7 Å². The van der Waals surface area contributed by atoms with E-state index in [1.54, 1.807) is 18.5 Å². The number of carbonyl (C=O) groups excluding carboxylic acids is 3. The van der Waals surface area contributed by atoms with Crippen molar-refractivity contribution in [2.75, 3.05) is 55.6 Å². The van der Waals surface area contributed by atoms with Crippen LogP contribution in [0.2, 0.25) is 0 Å². The molecule has 2 aromatic carbocycles. The molecule has 14 nitrogen and oxygen atoms in total. The highest BCUT2D eigenvalue weighted by atomic mass is 19.1. The zero-order valence-electron chi connectivity index (χ0n) is 32.2. The van der Waals surface area contributed by atoms with Gasteiger partial charge in [0.2, 0.25) is 11.8 Å². The molecule has 3 amide bonds. The number of nitrogens with zero attached hydrogens (tertiary/aromatic N) is 7. The molecule has 6 aliphatic rings. The van der Waals surface area contributed by atoms with Gasteiger partial charge in [0.1, 0.15) is 29.5 Å². The third-order valence-corrected chi connectivity index (χ3v) is 13.0. The van der Waals surface area contributed by atoms with E-state index in [1.165, 1.54) is 4.90 Å². The second kappa shape index (κ2) is 14.3. The monoisotopic (exact) mass is 777 g/mol. The number of nitrogens with one attached hydrogen (secondary N) is 2. The Kier molecular flexibility index (Phi) is 9.11. The maximum atomic E-state index is 15.9. The molecule has 2 saturated carbocycles. The van der Waals surface area contributed by atoms with Crippen molar-refractivity contribution < 1.29 is 28.2 Å². The summed E-state index contributed by atoms with van der Waals surface area (Å²) in [5.41, 5.74) is 3.64. The molecule has 4 aromatic rings. The smallest absolute Gasteiger partial charge is 0.255 e. The predicted molar refractivity (Wildman–Crippen MR) is 209 cm³/mol. The minimum atomic E-state index is -0.763. The number of carbonyl (C=O) groups is 3. The zero-order valence-corrected chi connectivity index (χ0v) is 32.2. The quantitative estimate of drug-likeness (QED) is 0.220. The van der Waals surface area contributed by atoms with Crippen LogP contribution < -0.4 is 19.9 Å². The second-order valence-electron chi connectivity index (χ2n) is 17.0. The van der Waals surface area contributed by atoms with Gasteiger partial charge in [-0.3, -0.25) is 29.7 Å². The molecule has 1 unspecified atom stereocenters. The molecule has 4 aliphatic heterocycles. The van der Waals surface area contributed by atoms with E-state index in [2.05, 4.69) is 54.3 Å². The number of ether oxygens (including phenoxy) is 2. The van der Waals surface area contributed by atoms with Gasteiger partial charge in [0, 0.05) is 74.8 Å². The van der Waals surface area contributed by atoms with Crippen LogP contribution in [0.1, 0.15) is 74.2 Å². The Labute approximate surface area is 330 Å². The van der Waals surface area contributed by atoms with Crippen molar-refractivity contribution in [2.24, 2.45) is 5.92 Å². The number of hydrogen-bond donors (Lipinski definition) is 2. The Morgan fingerprint density at radius 1 is 0.912 bits per heavy atom. The lowest BCUT2D eigenvalue weighted by Crippen LogP contribution is -2.52. The minimum Gasteiger partial charge on any atom is -0.488 e. The number of amides is 3. The number of piperidine rings is 2. The largest absolute Gasteiger partial charge is 0.488 e. The number of fused-ring (bicyclic) bond motifs is 2. The van der Waals surface area contributed by atoms with Gasteiger partial charge in [-0.05, 0) is 88.1 Å². The van der Waals surface area contributed by atoms with E-state index < -0.39 is 17.8 Å². The number of piperazine rings is 1. The fourth-order valence-electron chi connectivity index (χ4n) is 9.27. The van der Waals surface area contributed by atoms with Crippen molar-refractivity contribution in [1.29, 1.82) is 0 Å². The minimum absolute atomic E-state index is 0.0303. The fourth-order valence-corrected chi connectivity index (χ4v) is 9.27. The van der Waals surface area contributed by atoms with Crippen molar-refractivity contribution >= 4 is 40.1 Å². The molecule has 15 heteroatoms. The van der Waals surface area contributed by atoms with Crippen molar-refractivity contribution in [1.82, 2.24) is 35.3 Å². The highest BCUT2D eigenvalue weighted by Crippen LogP contribution is 2.41. The standard InChI is InChI=1S/C42H48FN9O5/c1-42(10-11-42)57-27-2-4-32-30(20-27)39(48-47-32)33-21-36(45-24-44-33)51-16-14-49(15-17-51)22-25-18-28(19-25)56-26-8-12-50(13-9-26)34-5-3-29-31(38(34)43)23-52(41(29)55)35-6-7-37(53)46-40(35)54/h2-5,20-21,24-26,28,35H,6-19,22-23H2,1H3,(H,47,48)(H,46,53,54). The number of anilines is 2. The summed E-state index contributed by atoms with van der Waals surface area (Å²) in [6.45, 7) is 8.37. The summed E-state index contributed by atoms with van der Waals surface area (Å²) in [5.74, 6) is 0.805. The van der Waals surface area contributed by atoms with E-state index in [9.17, 15) is 14.4 Å². The fraction of sp³-hybridized carbons (Fsp3) is 0.524. The molecule has 5 fully saturated rings. The van der Waals surface area contributed by atoms with Crippen LogP contribution in [0.3, 0.4) is 0 Å². The Morgan fingerprint density at radius 2 is 1.72 bits per heavy atom. The third kappa shape index (κ3) is 7.09. The van der Waals surface area contributed by atoms with Crippen molar-refractivity contribution in [3.63, 3.8) is 0 Å². The van der Waals surface area contributed by atoms with Crippen LogP contribution in [0, 0.1) is 11.7 Å². The first-order valence-corrected chi connectivity index (χ1v) is 20.5. The first kappa shape index (κ1) is 36.2. The van der Waals surface area contributed by atoms with Gasteiger partial charge in [0.05, 0.1) is 41.3 Å². The maximum Gasteiger partial charge on any atom is 0.255 e. The number of hydrogen-bond acceptors (Lipinski definition) is 11. The van der Waals surface area contributed by atoms with Gasteiger partial charge in [0.15, 0.2) is 5.82 Å². The van der Waals surface area contributed by atoms with Crippen LogP contribution in [-0.2, 0) is 20.9 Å². The van der Waals surface area contributed by atoms with E-state index in [4.69, 9.17) is 9.47 Å². The summed E-state index contributed by atoms with van der Waals surface area (Å²) in [6, 6.07) is 10.7. The highest BCUT2D eigenvalue weighted by Gasteiger charge is 2.42. The van der Waals surface area contributed by atoms with Crippen molar-refractivity contribution in [3.05, 3.63) is 59.7 Å². The lowest BCUT2D eigenvalue weighted by molar-refractivity contribution is -0.136. The van der Waals surface area contributed by atoms with E-state index in [0.717, 1.165) is 105 Å². The summed E-state index contributed by atoms with van der Waals surface area (Å²) in [7, 11) is 0. The Bertz CT molecular complexity index is 2220. The molecular weight excluding hydrogens is 730 g/mol. The normalized spacial score (nSPS) is 25.1. The number of aromatic amines is 1. The lowest BCUT2D eigenvalue weighted by atomic mass is 9.81. The molecule has 0 radical (unpaired) electrons. The average Bonchev–Trinajstić information content (AvgIpc) is 3.61. The SMILES string of the molecule is CC1(Oc2ccc3n[nH]c(-c4cc(N5CCN(CC6CC(OC7CCN(c8ccc9c(c8F)CN(C8CCC(=O)NC8=O)C9=O)CC7)C6)CC5)ncn4)c3c2)CC1. The third-order valence-electron chi connectivity index (χ3n) is 13.0. The predicted octanol–water partition coefficient (Wildman–Crippen LogP) is 4.44. The first-order valence-electron chi connectivity index (χ1n) is 20.5. The van der Waals surface area contributed by atoms with Gasteiger partial charge in [0.25, 0.3) is 5.91 Å². The van der Waals surface area contributed by atoms with Crippen LogP contribution >= 0.6 is 0 Å². The number of halogens is 1. The highest BCUT2D eigenvalue weighted by molar-refractivity contribution is 6.05. The molecule has 6 heterocycles.